The highest BCUT2D eigenvalue weighted by atomic mass is 16.6. The Morgan fingerprint density at radius 3 is 2.39 bits per heavy atom. The molecule has 1 rings (SSSR count). The van der Waals surface area contributed by atoms with Gasteiger partial charge >= 0.3 is 6.09 Å². The Hall–Kier alpha value is -1.55. The smallest absolute Gasteiger partial charge is 0.407 e. The fourth-order valence-electron chi connectivity index (χ4n) is 2.25. The molecule has 1 aromatic rings. The van der Waals surface area contributed by atoms with Crippen LogP contribution in [0.25, 0.3) is 0 Å². The number of ether oxygens (including phenoxy) is 1. The number of nitrogens with one attached hydrogen (secondary N) is 2. The molecule has 0 fully saturated rings. The zero-order valence-corrected chi connectivity index (χ0v) is 15.6. The van der Waals surface area contributed by atoms with Crippen molar-refractivity contribution >= 4 is 6.09 Å². The molecular formula is C19H32N2O2. The van der Waals surface area contributed by atoms with Gasteiger partial charge in [0.15, 0.2) is 0 Å². The van der Waals surface area contributed by atoms with Crippen LogP contribution in [0.3, 0.4) is 0 Å². The number of hydrogen-bond acceptors (Lipinski definition) is 3. The van der Waals surface area contributed by atoms with E-state index in [1.165, 1.54) is 16.7 Å². The van der Waals surface area contributed by atoms with E-state index < -0.39 is 5.60 Å². The second-order valence-corrected chi connectivity index (χ2v) is 7.36. The topological polar surface area (TPSA) is 50.4 Å². The highest BCUT2D eigenvalue weighted by Crippen LogP contribution is 2.16. The van der Waals surface area contributed by atoms with E-state index in [1.807, 2.05) is 27.7 Å². The number of amides is 1. The Morgan fingerprint density at radius 1 is 1.17 bits per heavy atom. The number of aryl methyl sites for hydroxylation is 2. The Kier molecular flexibility index (Phi) is 7.07. The zero-order chi connectivity index (χ0) is 17.6. The molecule has 0 bridgehead atoms. The first-order valence-electron chi connectivity index (χ1n) is 8.38. The number of carbonyl (C=O) groups is 1. The summed E-state index contributed by atoms with van der Waals surface area (Å²) in [5.74, 6) is 0. The molecule has 130 valence electrons. The van der Waals surface area contributed by atoms with Gasteiger partial charge in [-0.3, -0.25) is 0 Å². The maximum Gasteiger partial charge on any atom is 0.407 e. The first kappa shape index (κ1) is 19.5. The van der Waals surface area contributed by atoms with Crippen LogP contribution in [0.5, 0.6) is 0 Å². The second-order valence-electron chi connectivity index (χ2n) is 7.36. The summed E-state index contributed by atoms with van der Waals surface area (Å²) in [6.45, 7) is 14.9. The average Bonchev–Trinajstić information content (AvgIpc) is 2.39. The molecule has 1 amide bonds. The minimum atomic E-state index is -0.458. The number of rotatable bonds is 6. The minimum absolute atomic E-state index is 0.0734. The Labute approximate surface area is 141 Å². The van der Waals surface area contributed by atoms with Crippen LogP contribution >= 0.6 is 0 Å². The molecule has 0 aliphatic heterocycles. The normalized spacial score (nSPS) is 14.2. The zero-order valence-electron chi connectivity index (χ0n) is 15.6. The van der Waals surface area contributed by atoms with Crippen molar-refractivity contribution in [2.24, 2.45) is 0 Å². The third kappa shape index (κ3) is 7.51. The molecule has 0 aromatic heterocycles. The predicted octanol–water partition coefficient (Wildman–Crippen LogP) is 4.26. The number of benzene rings is 1. The van der Waals surface area contributed by atoms with E-state index in [4.69, 9.17) is 4.74 Å². The molecule has 2 unspecified atom stereocenters. The number of hydrogen-bond donors (Lipinski definition) is 2. The molecule has 0 heterocycles. The van der Waals surface area contributed by atoms with Crippen LogP contribution in [0.15, 0.2) is 18.2 Å². The van der Waals surface area contributed by atoms with Crippen LogP contribution in [-0.2, 0) is 4.74 Å². The molecule has 23 heavy (non-hydrogen) atoms. The molecule has 0 saturated carbocycles. The average molecular weight is 320 g/mol. The van der Waals surface area contributed by atoms with E-state index in [0.29, 0.717) is 6.04 Å². The fourth-order valence-corrected chi connectivity index (χ4v) is 2.25. The molecule has 0 spiro atoms. The first-order chi connectivity index (χ1) is 10.6. The van der Waals surface area contributed by atoms with E-state index >= 15 is 0 Å². The molecule has 2 atom stereocenters. The van der Waals surface area contributed by atoms with Gasteiger partial charge in [0.25, 0.3) is 0 Å². The van der Waals surface area contributed by atoms with E-state index in [-0.39, 0.29) is 12.1 Å². The molecule has 0 radical (unpaired) electrons. The van der Waals surface area contributed by atoms with Crippen LogP contribution in [-0.4, -0.2) is 24.3 Å². The molecule has 0 aliphatic carbocycles. The Morgan fingerprint density at radius 2 is 1.83 bits per heavy atom. The summed E-state index contributed by atoms with van der Waals surface area (Å²) in [6.07, 6.45) is 0.501. The standard InChI is InChI=1S/C19H32N2O2/c1-13-8-9-17(12-14(13)2)16(4)20-11-10-15(3)21-18(22)23-19(5,6)7/h8-9,12,15-16,20H,10-11H2,1-7H3,(H,21,22). The van der Waals surface area contributed by atoms with Crippen LogP contribution in [0, 0.1) is 13.8 Å². The maximum atomic E-state index is 11.7. The van der Waals surface area contributed by atoms with E-state index in [0.717, 1.165) is 13.0 Å². The van der Waals surface area contributed by atoms with Crippen molar-refractivity contribution in [3.63, 3.8) is 0 Å². The van der Waals surface area contributed by atoms with Crippen molar-refractivity contribution in [1.29, 1.82) is 0 Å². The second kappa shape index (κ2) is 8.34. The summed E-state index contributed by atoms with van der Waals surface area (Å²) in [7, 11) is 0. The van der Waals surface area contributed by atoms with Crippen molar-refractivity contribution in [2.45, 2.75) is 72.6 Å². The van der Waals surface area contributed by atoms with Gasteiger partial charge in [-0.2, -0.15) is 0 Å². The molecule has 0 aliphatic rings. The quantitative estimate of drug-likeness (QED) is 0.823. The highest BCUT2D eigenvalue weighted by Gasteiger charge is 2.17. The molecule has 1 aromatic carbocycles. The third-order valence-corrected chi connectivity index (χ3v) is 3.82. The maximum absolute atomic E-state index is 11.7. The van der Waals surface area contributed by atoms with Gasteiger partial charge in [-0.05, 0) is 78.1 Å². The van der Waals surface area contributed by atoms with Crippen LogP contribution in [0.4, 0.5) is 4.79 Å². The van der Waals surface area contributed by atoms with Crippen molar-refractivity contribution in [3.8, 4) is 0 Å². The highest BCUT2D eigenvalue weighted by molar-refractivity contribution is 5.67. The van der Waals surface area contributed by atoms with Crippen molar-refractivity contribution in [1.82, 2.24) is 10.6 Å². The van der Waals surface area contributed by atoms with Crippen LogP contribution in [0.2, 0.25) is 0 Å². The lowest BCUT2D eigenvalue weighted by Gasteiger charge is -2.22. The van der Waals surface area contributed by atoms with Crippen LogP contribution in [0.1, 0.15) is 63.8 Å². The summed E-state index contributed by atoms with van der Waals surface area (Å²) in [5.41, 5.74) is 3.47. The molecule has 4 heteroatoms. The van der Waals surface area contributed by atoms with Gasteiger partial charge in [0, 0.05) is 12.1 Å². The first-order valence-corrected chi connectivity index (χ1v) is 8.38. The lowest BCUT2D eigenvalue weighted by Crippen LogP contribution is -2.39. The van der Waals surface area contributed by atoms with Crippen molar-refractivity contribution < 1.29 is 9.53 Å². The summed E-state index contributed by atoms with van der Waals surface area (Å²) in [6, 6.07) is 6.93. The molecule has 2 N–H and O–H groups in total. The van der Waals surface area contributed by atoms with Gasteiger partial charge in [0.1, 0.15) is 5.60 Å². The fraction of sp³-hybridized carbons (Fsp3) is 0.632. The monoisotopic (exact) mass is 320 g/mol. The third-order valence-electron chi connectivity index (χ3n) is 3.82. The van der Waals surface area contributed by atoms with Crippen molar-refractivity contribution in [3.05, 3.63) is 34.9 Å². The summed E-state index contributed by atoms with van der Waals surface area (Å²) in [4.78, 5) is 11.7. The van der Waals surface area contributed by atoms with Gasteiger partial charge in [-0.1, -0.05) is 18.2 Å². The van der Waals surface area contributed by atoms with Crippen LogP contribution < -0.4 is 10.6 Å². The SMILES string of the molecule is Cc1ccc(C(C)NCCC(C)NC(=O)OC(C)(C)C)cc1C. The molecule has 0 saturated heterocycles. The Balaban J connectivity index is 2.35. The van der Waals surface area contributed by atoms with E-state index in [1.54, 1.807) is 0 Å². The lowest BCUT2D eigenvalue weighted by atomic mass is 10.0. The van der Waals surface area contributed by atoms with E-state index in [9.17, 15) is 4.79 Å². The van der Waals surface area contributed by atoms with Gasteiger partial charge in [-0.15, -0.1) is 0 Å². The summed E-state index contributed by atoms with van der Waals surface area (Å²) >= 11 is 0. The predicted molar refractivity (Wildman–Crippen MR) is 95.8 cm³/mol. The van der Waals surface area contributed by atoms with Gasteiger partial charge in [0.2, 0.25) is 0 Å². The van der Waals surface area contributed by atoms with E-state index in [2.05, 4.69) is 49.6 Å². The van der Waals surface area contributed by atoms with Gasteiger partial charge < -0.3 is 15.4 Å². The lowest BCUT2D eigenvalue weighted by molar-refractivity contribution is 0.0506. The largest absolute Gasteiger partial charge is 0.444 e. The molecular weight excluding hydrogens is 288 g/mol. The van der Waals surface area contributed by atoms with Gasteiger partial charge in [-0.25, -0.2) is 4.79 Å². The number of alkyl carbamates (subject to hydrolysis) is 1. The Bertz CT molecular complexity index is 521. The minimum Gasteiger partial charge on any atom is -0.444 e. The van der Waals surface area contributed by atoms with Crippen molar-refractivity contribution in [2.75, 3.05) is 6.54 Å². The summed E-state index contributed by atoms with van der Waals surface area (Å²) < 4.78 is 5.26. The van der Waals surface area contributed by atoms with Gasteiger partial charge in [0.05, 0.1) is 0 Å². The summed E-state index contributed by atoms with van der Waals surface area (Å²) in [5, 5.41) is 6.37. The molecule has 4 nitrogen and oxygen atoms in total. The number of carbonyl (C=O) groups excluding carboxylic acids is 1.